The second-order valence-corrected chi connectivity index (χ2v) is 8.69. The van der Waals surface area contributed by atoms with Gasteiger partial charge in [-0.3, -0.25) is 0 Å². The number of sulfone groups is 1. The van der Waals surface area contributed by atoms with Gasteiger partial charge in [0.25, 0.3) is 0 Å². The van der Waals surface area contributed by atoms with E-state index in [4.69, 9.17) is 0 Å². The Bertz CT molecular complexity index is 527. The maximum Gasteiger partial charge on any atom is 0.148 e. The van der Waals surface area contributed by atoms with Crippen molar-refractivity contribution in [2.45, 2.75) is 51.1 Å². The number of hydrogen-bond donors (Lipinski definition) is 1. The lowest BCUT2D eigenvalue weighted by Crippen LogP contribution is -2.46. The van der Waals surface area contributed by atoms with E-state index in [1.165, 1.54) is 31.1 Å². The summed E-state index contributed by atoms with van der Waals surface area (Å²) in [5.41, 5.74) is 1.38. The van der Waals surface area contributed by atoms with Gasteiger partial charge < -0.3 is 5.32 Å². The summed E-state index contributed by atoms with van der Waals surface area (Å²) in [4.78, 5) is 0. The molecule has 1 aliphatic carbocycles. The molecule has 0 heterocycles. The molecule has 1 aromatic carbocycles. The van der Waals surface area contributed by atoms with Gasteiger partial charge in [-0.05, 0) is 37.7 Å². The van der Waals surface area contributed by atoms with Crippen LogP contribution >= 0.6 is 0 Å². The van der Waals surface area contributed by atoms with Crippen LogP contribution in [0.4, 0.5) is 0 Å². The second-order valence-electron chi connectivity index (χ2n) is 6.50. The van der Waals surface area contributed by atoms with Crippen molar-refractivity contribution in [3.05, 3.63) is 35.9 Å². The van der Waals surface area contributed by atoms with E-state index in [2.05, 4.69) is 29.6 Å². The Morgan fingerprint density at radius 1 is 1.19 bits per heavy atom. The molecule has 0 spiro atoms. The first-order valence-electron chi connectivity index (χ1n) is 7.92. The fourth-order valence-electron chi connectivity index (χ4n) is 3.46. The van der Waals surface area contributed by atoms with E-state index in [0.29, 0.717) is 12.0 Å². The highest BCUT2D eigenvalue weighted by molar-refractivity contribution is 7.90. The standard InChI is InChI=1S/C17H27NO2S/c1-14(13-21(2,19)20)18-17-11-7-6-10-16(17)12-15-8-4-3-5-9-15/h3-5,8-9,14,16-18H,6-7,10-13H2,1-2H3/t14-,16-,17-/m1/s1. The third kappa shape index (κ3) is 5.79. The average molecular weight is 309 g/mol. The first kappa shape index (κ1) is 16.5. The molecule has 118 valence electrons. The highest BCUT2D eigenvalue weighted by Crippen LogP contribution is 2.28. The van der Waals surface area contributed by atoms with Crippen molar-refractivity contribution in [2.24, 2.45) is 5.92 Å². The summed E-state index contributed by atoms with van der Waals surface area (Å²) >= 11 is 0. The Hall–Kier alpha value is -0.870. The molecule has 1 aromatic rings. The van der Waals surface area contributed by atoms with Gasteiger partial charge in [0, 0.05) is 18.3 Å². The van der Waals surface area contributed by atoms with Gasteiger partial charge in [-0.25, -0.2) is 8.42 Å². The highest BCUT2D eigenvalue weighted by Gasteiger charge is 2.26. The van der Waals surface area contributed by atoms with Gasteiger partial charge >= 0.3 is 0 Å². The topological polar surface area (TPSA) is 46.2 Å². The van der Waals surface area contributed by atoms with Gasteiger partial charge in [0.05, 0.1) is 5.75 Å². The largest absolute Gasteiger partial charge is 0.310 e. The molecule has 1 aliphatic rings. The lowest BCUT2D eigenvalue weighted by molar-refractivity contribution is 0.248. The summed E-state index contributed by atoms with van der Waals surface area (Å²) in [5, 5.41) is 3.57. The van der Waals surface area contributed by atoms with Gasteiger partial charge in [0.15, 0.2) is 0 Å². The molecule has 0 aromatic heterocycles. The molecule has 0 aliphatic heterocycles. The van der Waals surface area contributed by atoms with Gasteiger partial charge in [-0.1, -0.05) is 43.2 Å². The summed E-state index contributed by atoms with van der Waals surface area (Å²) in [6, 6.07) is 11.1. The van der Waals surface area contributed by atoms with Crippen LogP contribution in [-0.2, 0) is 16.3 Å². The van der Waals surface area contributed by atoms with E-state index < -0.39 is 9.84 Å². The van der Waals surface area contributed by atoms with Crippen LogP contribution in [0.1, 0.15) is 38.2 Å². The molecule has 0 bridgehead atoms. The lowest BCUT2D eigenvalue weighted by atomic mass is 9.80. The predicted molar refractivity (Wildman–Crippen MR) is 88.2 cm³/mol. The van der Waals surface area contributed by atoms with Gasteiger partial charge in [0.1, 0.15) is 9.84 Å². The van der Waals surface area contributed by atoms with Crippen molar-refractivity contribution < 1.29 is 8.42 Å². The molecule has 21 heavy (non-hydrogen) atoms. The minimum Gasteiger partial charge on any atom is -0.310 e. The maximum absolute atomic E-state index is 11.4. The third-order valence-electron chi connectivity index (χ3n) is 4.30. The minimum absolute atomic E-state index is 0.0290. The second kappa shape index (κ2) is 7.41. The van der Waals surface area contributed by atoms with Crippen molar-refractivity contribution >= 4 is 9.84 Å². The molecule has 3 atom stereocenters. The molecule has 1 saturated carbocycles. The Morgan fingerprint density at radius 3 is 2.52 bits per heavy atom. The van der Waals surface area contributed by atoms with Crippen LogP contribution in [0.5, 0.6) is 0 Å². The van der Waals surface area contributed by atoms with Crippen LogP contribution in [0.25, 0.3) is 0 Å². The molecule has 0 saturated heterocycles. The molecule has 0 unspecified atom stereocenters. The minimum atomic E-state index is -2.91. The van der Waals surface area contributed by atoms with Crippen LogP contribution in [0.3, 0.4) is 0 Å². The van der Waals surface area contributed by atoms with Gasteiger partial charge in [0.2, 0.25) is 0 Å². The van der Waals surface area contributed by atoms with Crippen molar-refractivity contribution in [1.29, 1.82) is 0 Å². The van der Waals surface area contributed by atoms with Crippen LogP contribution in [0, 0.1) is 5.92 Å². The zero-order valence-corrected chi connectivity index (χ0v) is 13.9. The van der Waals surface area contributed by atoms with E-state index in [9.17, 15) is 8.42 Å². The number of benzene rings is 1. The van der Waals surface area contributed by atoms with E-state index in [-0.39, 0.29) is 11.8 Å². The van der Waals surface area contributed by atoms with E-state index >= 15 is 0 Å². The fourth-order valence-corrected chi connectivity index (χ4v) is 4.46. The highest BCUT2D eigenvalue weighted by atomic mass is 32.2. The van der Waals surface area contributed by atoms with Crippen molar-refractivity contribution in [3.63, 3.8) is 0 Å². The van der Waals surface area contributed by atoms with E-state index in [0.717, 1.165) is 12.8 Å². The molecular weight excluding hydrogens is 282 g/mol. The van der Waals surface area contributed by atoms with Crippen LogP contribution in [-0.4, -0.2) is 32.5 Å². The van der Waals surface area contributed by atoms with Crippen molar-refractivity contribution in [3.8, 4) is 0 Å². The van der Waals surface area contributed by atoms with E-state index in [1.807, 2.05) is 13.0 Å². The monoisotopic (exact) mass is 309 g/mol. The smallest absolute Gasteiger partial charge is 0.148 e. The summed E-state index contributed by atoms with van der Waals surface area (Å²) in [7, 11) is -2.91. The zero-order chi connectivity index (χ0) is 15.3. The van der Waals surface area contributed by atoms with Crippen molar-refractivity contribution in [1.82, 2.24) is 5.32 Å². The van der Waals surface area contributed by atoms with Crippen LogP contribution in [0.15, 0.2) is 30.3 Å². The molecule has 1 fully saturated rings. The Balaban J connectivity index is 1.95. The summed E-state index contributed by atoms with van der Waals surface area (Å²) < 4.78 is 22.8. The fraction of sp³-hybridized carbons (Fsp3) is 0.647. The summed E-state index contributed by atoms with van der Waals surface area (Å²) in [6.45, 7) is 1.98. The van der Waals surface area contributed by atoms with E-state index in [1.54, 1.807) is 0 Å². The summed E-state index contributed by atoms with van der Waals surface area (Å²) in [5.74, 6) is 0.838. The zero-order valence-electron chi connectivity index (χ0n) is 13.1. The Labute approximate surface area is 129 Å². The summed E-state index contributed by atoms with van der Waals surface area (Å²) in [6.07, 6.45) is 7.33. The molecule has 0 amide bonds. The molecule has 3 nitrogen and oxygen atoms in total. The normalized spacial score (nSPS) is 24.7. The Morgan fingerprint density at radius 2 is 1.86 bits per heavy atom. The lowest BCUT2D eigenvalue weighted by Gasteiger charge is -2.34. The van der Waals surface area contributed by atoms with Crippen molar-refractivity contribution in [2.75, 3.05) is 12.0 Å². The number of nitrogens with one attached hydrogen (secondary N) is 1. The first-order valence-corrected chi connectivity index (χ1v) is 9.98. The first-order chi connectivity index (χ1) is 9.94. The van der Waals surface area contributed by atoms with Gasteiger partial charge in [-0.15, -0.1) is 0 Å². The van der Waals surface area contributed by atoms with Gasteiger partial charge in [-0.2, -0.15) is 0 Å². The molecule has 4 heteroatoms. The maximum atomic E-state index is 11.4. The number of rotatable bonds is 6. The van der Waals surface area contributed by atoms with Crippen LogP contribution in [0.2, 0.25) is 0 Å². The average Bonchev–Trinajstić information content (AvgIpc) is 2.40. The molecule has 0 radical (unpaired) electrons. The molecular formula is C17H27NO2S. The number of hydrogen-bond acceptors (Lipinski definition) is 3. The third-order valence-corrected chi connectivity index (χ3v) is 5.41. The molecule has 2 rings (SSSR count). The van der Waals surface area contributed by atoms with Crippen LogP contribution < -0.4 is 5.32 Å². The quantitative estimate of drug-likeness (QED) is 0.879. The predicted octanol–water partition coefficient (Wildman–Crippen LogP) is 2.81. The SMILES string of the molecule is C[C@H](CS(C)(=O)=O)N[C@@H]1CCCC[C@@H]1Cc1ccccc1. The Kier molecular flexibility index (Phi) is 5.82. The molecule has 1 N–H and O–H groups in total.